The summed E-state index contributed by atoms with van der Waals surface area (Å²) in [6.07, 6.45) is 10.1. The second-order valence-electron chi connectivity index (χ2n) is 4.82. The minimum Gasteiger partial charge on any atom is -0.376 e. The van der Waals surface area contributed by atoms with E-state index in [-0.39, 0.29) is 5.82 Å². The normalized spacial score (nSPS) is 11.8. The van der Waals surface area contributed by atoms with Gasteiger partial charge in [-0.25, -0.2) is 9.37 Å². The number of nitrogens with one attached hydrogen (secondary N) is 1. The van der Waals surface area contributed by atoms with Gasteiger partial charge in [0.05, 0.1) is 17.6 Å². The molecule has 0 aromatic carbocycles. The zero-order valence-electron chi connectivity index (χ0n) is 12.7. The van der Waals surface area contributed by atoms with Crippen LogP contribution in [-0.4, -0.2) is 29.0 Å². The maximum atomic E-state index is 13.1. The summed E-state index contributed by atoms with van der Waals surface area (Å²) in [5.41, 5.74) is 2.96. The Kier molecular flexibility index (Phi) is 4.66. The Balaban J connectivity index is 2.38. The molecule has 0 unspecified atom stereocenters. The summed E-state index contributed by atoms with van der Waals surface area (Å²) in [4.78, 5) is 8.94. The van der Waals surface area contributed by atoms with Crippen molar-refractivity contribution >= 4 is 11.0 Å². The first-order valence-corrected chi connectivity index (χ1v) is 6.71. The van der Waals surface area contributed by atoms with E-state index in [4.69, 9.17) is 6.42 Å². The second-order valence-corrected chi connectivity index (χ2v) is 4.82. The van der Waals surface area contributed by atoms with Gasteiger partial charge in [0.15, 0.2) is 0 Å². The number of pyridine rings is 1. The average molecular weight is 293 g/mol. The molecule has 0 aliphatic heterocycles. The van der Waals surface area contributed by atoms with Crippen molar-refractivity contribution in [2.75, 3.05) is 14.1 Å². The Morgan fingerprint density at radius 3 is 2.82 bits per heavy atom. The van der Waals surface area contributed by atoms with Crippen molar-refractivity contribution in [3.05, 3.63) is 53.3 Å². The number of rotatable bonds is 2. The lowest BCUT2D eigenvalue weighted by Crippen LogP contribution is -2.12. The third-order valence-corrected chi connectivity index (χ3v) is 3.04. The number of likely N-dealkylation sites (N-methyl/N-ethyl adjacent to an activating group) is 1. The van der Waals surface area contributed by atoms with Crippen LogP contribution in [0.15, 0.2) is 41.8 Å². The van der Waals surface area contributed by atoms with Gasteiger partial charge in [-0.1, -0.05) is 17.9 Å². The number of aromatic nitrogens is 2. The van der Waals surface area contributed by atoms with Crippen molar-refractivity contribution < 1.29 is 4.39 Å². The Labute approximate surface area is 129 Å². The van der Waals surface area contributed by atoms with Crippen molar-refractivity contribution in [3.8, 4) is 24.2 Å². The highest BCUT2D eigenvalue weighted by Gasteiger charge is 2.04. The number of halogens is 1. The van der Waals surface area contributed by atoms with Crippen LogP contribution in [0.5, 0.6) is 0 Å². The lowest BCUT2D eigenvalue weighted by Gasteiger charge is -2.15. The summed E-state index contributed by atoms with van der Waals surface area (Å²) in [5.74, 6) is 8.26. The van der Waals surface area contributed by atoms with Crippen molar-refractivity contribution in [3.63, 3.8) is 0 Å². The van der Waals surface area contributed by atoms with E-state index in [0.717, 1.165) is 11.3 Å². The van der Waals surface area contributed by atoms with E-state index in [0.29, 0.717) is 16.7 Å². The van der Waals surface area contributed by atoms with Crippen LogP contribution in [0.2, 0.25) is 0 Å². The van der Waals surface area contributed by atoms with Crippen molar-refractivity contribution in [2.45, 2.75) is 6.92 Å². The minimum atomic E-state index is -0.369. The summed E-state index contributed by atoms with van der Waals surface area (Å²) < 4.78 is 13.1. The highest BCUT2D eigenvalue weighted by molar-refractivity contribution is 5.77. The van der Waals surface area contributed by atoms with Crippen LogP contribution in [0.4, 0.5) is 4.39 Å². The number of H-pyrrole nitrogens is 1. The lowest BCUT2D eigenvalue weighted by atomic mass is 10.1. The molecule has 0 saturated heterocycles. The third-order valence-electron chi connectivity index (χ3n) is 3.04. The highest BCUT2D eigenvalue weighted by atomic mass is 19.1. The maximum absolute atomic E-state index is 13.1. The molecule has 110 valence electrons. The maximum Gasteiger partial charge on any atom is 0.142 e. The molecule has 0 fully saturated rings. The first-order chi connectivity index (χ1) is 10.5. The van der Waals surface area contributed by atoms with Crippen molar-refractivity contribution in [1.82, 2.24) is 14.9 Å². The Bertz CT molecular complexity index is 852. The first kappa shape index (κ1) is 15.4. The Morgan fingerprint density at radius 2 is 2.18 bits per heavy atom. The van der Waals surface area contributed by atoms with E-state index in [1.807, 2.05) is 32.0 Å². The third kappa shape index (κ3) is 3.37. The summed E-state index contributed by atoms with van der Waals surface area (Å²) in [6.45, 7) is 1.90. The molecular weight excluding hydrogens is 277 g/mol. The summed E-state index contributed by atoms with van der Waals surface area (Å²) >= 11 is 0. The fourth-order valence-electron chi connectivity index (χ4n) is 2.00. The summed E-state index contributed by atoms with van der Waals surface area (Å²) in [5, 5.41) is 0.693. The number of allylic oxidation sites excluding steroid dienone is 3. The van der Waals surface area contributed by atoms with E-state index in [9.17, 15) is 4.39 Å². The molecule has 0 spiro atoms. The van der Waals surface area contributed by atoms with Crippen LogP contribution in [0.3, 0.4) is 0 Å². The topological polar surface area (TPSA) is 31.9 Å². The molecule has 1 N–H and O–H groups in total. The van der Waals surface area contributed by atoms with Crippen LogP contribution in [0, 0.1) is 30.0 Å². The SMILES string of the molecule is C#C/C=C(\C(C#Cc1cc2cc(F)cnc2[nH]1)=C/C)N(C)C. The zero-order valence-corrected chi connectivity index (χ0v) is 12.7. The Morgan fingerprint density at radius 1 is 1.41 bits per heavy atom. The van der Waals surface area contributed by atoms with Gasteiger partial charge in [-0.05, 0) is 25.0 Å². The number of hydrogen-bond donors (Lipinski definition) is 1. The number of nitrogens with zero attached hydrogens (tertiary/aromatic N) is 2. The van der Waals surface area contributed by atoms with Gasteiger partial charge < -0.3 is 9.88 Å². The minimum absolute atomic E-state index is 0.369. The van der Waals surface area contributed by atoms with Gasteiger partial charge in [-0.2, -0.15) is 0 Å². The van der Waals surface area contributed by atoms with Gasteiger partial charge in [-0.3, -0.25) is 0 Å². The largest absolute Gasteiger partial charge is 0.376 e. The molecule has 0 bridgehead atoms. The monoisotopic (exact) mass is 293 g/mol. The molecule has 2 aromatic rings. The average Bonchev–Trinajstić information content (AvgIpc) is 2.88. The predicted octanol–water partition coefficient (Wildman–Crippen LogP) is 3.08. The quantitative estimate of drug-likeness (QED) is 0.681. The smallest absolute Gasteiger partial charge is 0.142 e. The molecule has 3 nitrogen and oxygen atoms in total. The fraction of sp³-hybridized carbons (Fsp3) is 0.167. The van der Waals surface area contributed by atoms with Crippen molar-refractivity contribution in [1.29, 1.82) is 0 Å². The van der Waals surface area contributed by atoms with Crippen LogP contribution >= 0.6 is 0 Å². The zero-order chi connectivity index (χ0) is 16.1. The number of terminal acetylenes is 1. The predicted molar refractivity (Wildman–Crippen MR) is 87.3 cm³/mol. The van der Waals surface area contributed by atoms with Crippen LogP contribution in [-0.2, 0) is 0 Å². The van der Waals surface area contributed by atoms with Crippen molar-refractivity contribution in [2.24, 2.45) is 0 Å². The van der Waals surface area contributed by atoms with Crippen LogP contribution < -0.4 is 0 Å². The molecule has 4 heteroatoms. The van der Waals surface area contributed by atoms with Gasteiger partial charge in [0, 0.05) is 31.1 Å². The molecule has 0 amide bonds. The molecule has 2 aromatic heterocycles. The number of fused-ring (bicyclic) bond motifs is 1. The summed E-state index contributed by atoms with van der Waals surface area (Å²) in [6, 6.07) is 3.19. The van der Waals surface area contributed by atoms with E-state index >= 15 is 0 Å². The van der Waals surface area contributed by atoms with Gasteiger partial charge in [0.25, 0.3) is 0 Å². The molecule has 0 atom stereocenters. The molecule has 0 saturated carbocycles. The number of aromatic amines is 1. The Hall–Kier alpha value is -2.98. The van der Waals surface area contributed by atoms with Crippen LogP contribution in [0.1, 0.15) is 12.6 Å². The second kappa shape index (κ2) is 6.65. The van der Waals surface area contributed by atoms with E-state index in [1.54, 1.807) is 12.1 Å². The first-order valence-electron chi connectivity index (χ1n) is 6.71. The highest BCUT2D eigenvalue weighted by Crippen LogP contribution is 2.15. The number of hydrogen-bond acceptors (Lipinski definition) is 2. The standard InChI is InChI=1S/C18H16FN3/c1-5-7-17(22(3)4)13(6-2)8-9-16-11-14-10-15(19)12-20-18(14)21-16/h1,6-7,10-12H,2-4H3,(H,20,21)/b13-6-,17-7+. The van der Waals surface area contributed by atoms with Crippen LogP contribution in [0.25, 0.3) is 11.0 Å². The molecule has 0 radical (unpaired) electrons. The lowest BCUT2D eigenvalue weighted by molar-refractivity contribution is 0.525. The van der Waals surface area contributed by atoms with E-state index in [1.165, 1.54) is 12.3 Å². The molecule has 0 aliphatic carbocycles. The fourth-order valence-corrected chi connectivity index (χ4v) is 2.00. The van der Waals surface area contributed by atoms with E-state index in [2.05, 4.69) is 27.7 Å². The molecule has 2 rings (SSSR count). The molecular formula is C18H16FN3. The van der Waals surface area contributed by atoms with Gasteiger partial charge in [0.1, 0.15) is 11.5 Å². The molecule has 0 aliphatic rings. The van der Waals surface area contributed by atoms with Gasteiger partial charge in [0.2, 0.25) is 0 Å². The van der Waals surface area contributed by atoms with E-state index < -0.39 is 0 Å². The van der Waals surface area contributed by atoms with Gasteiger partial charge in [-0.15, -0.1) is 6.42 Å². The summed E-state index contributed by atoms with van der Waals surface area (Å²) in [7, 11) is 3.81. The molecule has 2 heterocycles. The van der Waals surface area contributed by atoms with Gasteiger partial charge >= 0.3 is 0 Å². The molecule has 22 heavy (non-hydrogen) atoms.